The summed E-state index contributed by atoms with van der Waals surface area (Å²) < 4.78 is 3.47. The SMILES string of the molecule is Cc1nn(C)c(C)c1CC(C)NC(=O)NCC(C)(O)c1cnn(C)c1. The summed E-state index contributed by atoms with van der Waals surface area (Å²) in [5.74, 6) is 0. The summed E-state index contributed by atoms with van der Waals surface area (Å²) in [5.41, 5.74) is 2.72. The van der Waals surface area contributed by atoms with E-state index in [1.54, 1.807) is 31.0 Å². The van der Waals surface area contributed by atoms with Crippen molar-refractivity contribution < 1.29 is 9.90 Å². The van der Waals surface area contributed by atoms with Crippen LogP contribution in [0.2, 0.25) is 0 Å². The molecular formula is C17H28N6O2. The molecular weight excluding hydrogens is 320 g/mol. The standard InChI is InChI=1S/C17H28N6O2/c1-11(7-15-12(2)21-23(6)13(15)3)20-16(24)18-10-17(4,25)14-8-19-22(5)9-14/h8-9,11,25H,7,10H2,1-6H3,(H2,18,20,24). The lowest BCUT2D eigenvalue weighted by atomic mass is 10.00. The topological polar surface area (TPSA) is 97.0 Å². The Morgan fingerprint density at radius 2 is 2.08 bits per heavy atom. The first kappa shape index (κ1) is 19.0. The second-order valence-corrected chi connectivity index (χ2v) is 6.88. The first-order chi connectivity index (χ1) is 11.6. The Balaban J connectivity index is 1.87. The number of carbonyl (C=O) groups is 1. The van der Waals surface area contributed by atoms with Crippen molar-refractivity contribution in [2.45, 2.75) is 45.8 Å². The Kier molecular flexibility index (Phi) is 5.52. The van der Waals surface area contributed by atoms with Gasteiger partial charge in [-0.1, -0.05) is 0 Å². The normalized spacial score (nSPS) is 14.8. The van der Waals surface area contributed by atoms with Crippen molar-refractivity contribution in [2.24, 2.45) is 14.1 Å². The third-order valence-corrected chi connectivity index (χ3v) is 4.47. The Labute approximate surface area is 148 Å². The van der Waals surface area contributed by atoms with Crippen molar-refractivity contribution in [3.8, 4) is 0 Å². The van der Waals surface area contributed by atoms with E-state index >= 15 is 0 Å². The Morgan fingerprint density at radius 1 is 1.40 bits per heavy atom. The van der Waals surface area contributed by atoms with E-state index in [9.17, 15) is 9.90 Å². The van der Waals surface area contributed by atoms with Crippen LogP contribution in [0.1, 0.15) is 36.4 Å². The van der Waals surface area contributed by atoms with Crippen LogP contribution in [0, 0.1) is 13.8 Å². The molecule has 0 aliphatic heterocycles. The van der Waals surface area contributed by atoms with E-state index < -0.39 is 5.60 Å². The molecule has 2 atom stereocenters. The lowest BCUT2D eigenvalue weighted by Crippen LogP contribution is -2.46. The largest absolute Gasteiger partial charge is 0.383 e. The number of hydrogen-bond donors (Lipinski definition) is 3. The predicted octanol–water partition coefficient (Wildman–Crippen LogP) is 0.908. The molecule has 0 spiro atoms. The molecule has 8 heteroatoms. The molecule has 0 aliphatic rings. The summed E-state index contributed by atoms with van der Waals surface area (Å²) in [5, 5.41) is 24.6. The van der Waals surface area contributed by atoms with Gasteiger partial charge < -0.3 is 15.7 Å². The summed E-state index contributed by atoms with van der Waals surface area (Å²) in [6, 6.07) is -0.360. The van der Waals surface area contributed by atoms with E-state index in [0.717, 1.165) is 17.0 Å². The number of urea groups is 1. The molecule has 2 aromatic heterocycles. The first-order valence-corrected chi connectivity index (χ1v) is 8.35. The van der Waals surface area contributed by atoms with E-state index in [1.165, 1.54) is 0 Å². The zero-order valence-corrected chi connectivity index (χ0v) is 15.8. The molecule has 0 fully saturated rings. The molecule has 2 aromatic rings. The van der Waals surface area contributed by atoms with Crippen molar-refractivity contribution in [3.63, 3.8) is 0 Å². The fourth-order valence-electron chi connectivity index (χ4n) is 2.80. The lowest BCUT2D eigenvalue weighted by Gasteiger charge is -2.23. The van der Waals surface area contributed by atoms with Crippen molar-refractivity contribution in [2.75, 3.05) is 6.54 Å². The van der Waals surface area contributed by atoms with Crippen LogP contribution in [0.5, 0.6) is 0 Å². The molecule has 0 bridgehead atoms. The molecule has 0 saturated carbocycles. The van der Waals surface area contributed by atoms with E-state index in [-0.39, 0.29) is 18.6 Å². The van der Waals surface area contributed by atoms with Crippen LogP contribution in [-0.2, 0) is 26.1 Å². The smallest absolute Gasteiger partial charge is 0.315 e. The Morgan fingerprint density at radius 3 is 2.60 bits per heavy atom. The summed E-state index contributed by atoms with van der Waals surface area (Å²) in [7, 11) is 3.70. The zero-order valence-electron chi connectivity index (χ0n) is 15.8. The quantitative estimate of drug-likeness (QED) is 0.723. The average molecular weight is 348 g/mol. The minimum Gasteiger partial charge on any atom is -0.383 e. The van der Waals surface area contributed by atoms with E-state index in [4.69, 9.17) is 0 Å². The minimum absolute atomic E-state index is 0.0510. The van der Waals surface area contributed by atoms with Gasteiger partial charge in [-0.2, -0.15) is 10.2 Å². The van der Waals surface area contributed by atoms with Crippen LogP contribution in [0.25, 0.3) is 0 Å². The summed E-state index contributed by atoms with van der Waals surface area (Å²) in [6.07, 6.45) is 4.03. The van der Waals surface area contributed by atoms with Gasteiger partial charge in [-0.3, -0.25) is 9.36 Å². The van der Waals surface area contributed by atoms with Crippen LogP contribution in [0.4, 0.5) is 4.79 Å². The zero-order chi connectivity index (χ0) is 18.8. The molecule has 2 rings (SSSR count). The van der Waals surface area contributed by atoms with Crippen LogP contribution in [0.15, 0.2) is 12.4 Å². The van der Waals surface area contributed by atoms with Gasteiger partial charge in [0.05, 0.1) is 18.4 Å². The maximum Gasteiger partial charge on any atom is 0.315 e. The van der Waals surface area contributed by atoms with Crippen molar-refractivity contribution >= 4 is 6.03 Å². The minimum atomic E-state index is -1.18. The molecule has 2 unspecified atom stereocenters. The maximum atomic E-state index is 12.1. The molecule has 0 aromatic carbocycles. The van der Waals surface area contributed by atoms with Gasteiger partial charge in [-0.25, -0.2) is 4.79 Å². The average Bonchev–Trinajstić information content (AvgIpc) is 3.05. The highest BCUT2D eigenvalue weighted by atomic mass is 16.3. The number of hydrogen-bond acceptors (Lipinski definition) is 4. The van der Waals surface area contributed by atoms with Gasteiger partial charge >= 0.3 is 6.03 Å². The van der Waals surface area contributed by atoms with Crippen LogP contribution < -0.4 is 10.6 Å². The number of amides is 2. The summed E-state index contributed by atoms with van der Waals surface area (Å²) in [4.78, 5) is 12.1. The third-order valence-electron chi connectivity index (χ3n) is 4.47. The number of rotatable bonds is 6. The van der Waals surface area contributed by atoms with Gasteiger partial charge in [0.2, 0.25) is 0 Å². The van der Waals surface area contributed by atoms with Crippen LogP contribution in [0.3, 0.4) is 0 Å². The number of nitrogens with zero attached hydrogens (tertiary/aromatic N) is 4. The molecule has 0 saturated heterocycles. The van der Waals surface area contributed by atoms with Crippen molar-refractivity contribution in [3.05, 3.63) is 34.9 Å². The van der Waals surface area contributed by atoms with E-state index in [2.05, 4.69) is 20.8 Å². The number of carbonyl (C=O) groups excluding carboxylic acids is 1. The molecule has 138 valence electrons. The van der Waals surface area contributed by atoms with Crippen LogP contribution in [-0.4, -0.2) is 43.3 Å². The van der Waals surface area contributed by atoms with Crippen molar-refractivity contribution in [1.82, 2.24) is 30.2 Å². The molecule has 0 radical (unpaired) electrons. The fourth-order valence-corrected chi connectivity index (χ4v) is 2.80. The van der Waals surface area contributed by atoms with Gasteiger partial charge in [0.25, 0.3) is 0 Å². The second-order valence-electron chi connectivity index (χ2n) is 6.88. The Bertz CT molecular complexity index is 746. The first-order valence-electron chi connectivity index (χ1n) is 8.35. The van der Waals surface area contributed by atoms with Crippen molar-refractivity contribution in [1.29, 1.82) is 0 Å². The highest BCUT2D eigenvalue weighted by Crippen LogP contribution is 2.18. The third kappa shape index (κ3) is 4.60. The lowest BCUT2D eigenvalue weighted by molar-refractivity contribution is 0.0592. The van der Waals surface area contributed by atoms with E-state index in [0.29, 0.717) is 12.0 Å². The molecule has 3 N–H and O–H groups in total. The summed E-state index contributed by atoms with van der Waals surface area (Å²) >= 11 is 0. The van der Waals surface area contributed by atoms with E-state index in [1.807, 2.05) is 32.5 Å². The van der Waals surface area contributed by atoms with Gasteiger partial charge in [-0.15, -0.1) is 0 Å². The van der Waals surface area contributed by atoms with Crippen LogP contribution >= 0.6 is 0 Å². The number of nitrogens with one attached hydrogen (secondary N) is 2. The molecule has 2 heterocycles. The molecule has 2 amide bonds. The second kappa shape index (κ2) is 7.26. The monoisotopic (exact) mass is 348 g/mol. The molecule has 8 nitrogen and oxygen atoms in total. The van der Waals surface area contributed by atoms with Gasteiger partial charge in [0.15, 0.2) is 0 Å². The molecule has 25 heavy (non-hydrogen) atoms. The number of aromatic nitrogens is 4. The van der Waals surface area contributed by atoms with Gasteiger partial charge in [0.1, 0.15) is 5.60 Å². The summed E-state index contributed by atoms with van der Waals surface area (Å²) in [6.45, 7) is 7.69. The van der Waals surface area contributed by atoms with Gasteiger partial charge in [-0.05, 0) is 39.7 Å². The molecule has 0 aliphatic carbocycles. The maximum absolute atomic E-state index is 12.1. The highest BCUT2D eigenvalue weighted by Gasteiger charge is 2.25. The predicted molar refractivity (Wildman–Crippen MR) is 95.2 cm³/mol. The van der Waals surface area contributed by atoms with Gasteiger partial charge in [0, 0.05) is 37.6 Å². The number of aryl methyl sites for hydroxylation is 3. The Hall–Kier alpha value is -2.35. The highest BCUT2D eigenvalue weighted by molar-refractivity contribution is 5.74. The fraction of sp³-hybridized carbons (Fsp3) is 0.588. The number of aliphatic hydroxyl groups is 1.